The van der Waals surface area contributed by atoms with Crippen molar-refractivity contribution in [1.82, 2.24) is 10.6 Å². The van der Waals surface area contributed by atoms with E-state index in [2.05, 4.69) is 29.5 Å². The van der Waals surface area contributed by atoms with Crippen LogP contribution in [0.1, 0.15) is 51.7 Å². The van der Waals surface area contributed by atoms with Gasteiger partial charge in [-0.3, -0.25) is 0 Å². The van der Waals surface area contributed by atoms with Crippen molar-refractivity contribution in [1.29, 1.82) is 0 Å². The van der Waals surface area contributed by atoms with Crippen molar-refractivity contribution in [2.75, 3.05) is 13.2 Å². The first kappa shape index (κ1) is 16.4. The quantitative estimate of drug-likeness (QED) is 0.625. The molecule has 1 aromatic rings. The summed E-state index contributed by atoms with van der Waals surface area (Å²) < 4.78 is 11.4. The highest BCUT2D eigenvalue weighted by Crippen LogP contribution is 2.54. The van der Waals surface area contributed by atoms with E-state index in [0.717, 1.165) is 31.3 Å². The lowest BCUT2D eigenvalue weighted by Gasteiger charge is -2.54. The molecule has 1 heterocycles. The number of guanidine groups is 1. The zero-order valence-corrected chi connectivity index (χ0v) is 14.3. The molecule has 2 saturated carbocycles. The van der Waals surface area contributed by atoms with Crippen LogP contribution < -0.4 is 10.6 Å². The van der Waals surface area contributed by atoms with Gasteiger partial charge in [-0.25, -0.2) is 4.99 Å². The fourth-order valence-corrected chi connectivity index (χ4v) is 4.13. The van der Waals surface area contributed by atoms with E-state index in [-0.39, 0.29) is 0 Å². The van der Waals surface area contributed by atoms with Gasteiger partial charge in [0.25, 0.3) is 0 Å². The summed E-state index contributed by atoms with van der Waals surface area (Å²) in [5.74, 6) is 1.77. The van der Waals surface area contributed by atoms with Crippen LogP contribution in [0.25, 0.3) is 0 Å². The van der Waals surface area contributed by atoms with Gasteiger partial charge in [0.05, 0.1) is 12.4 Å². The lowest BCUT2D eigenvalue weighted by molar-refractivity contribution is -0.125. The highest BCUT2D eigenvalue weighted by molar-refractivity contribution is 5.80. The number of nitrogens with zero attached hydrogens (tertiary/aromatic N) is 1. The topological polar surface area (TPSA) is 58.8 Å². The van der Waals surface area contributed by atoms with Crippen molar-refractivity contribution in [3.8, 4) is 0 Å². The van der Waals surface area contributed by atoms with Gasteiger partial charge in [-0.05, 0) is 45.2 Å². The first-order valence-corrected chi connectivity index (χ1v) is 8.97. The maximum Gasteiger partial charge on any atom is 0.191 e. The monoisotopic (exact) mass is 319 g/mol. The molecule has 0 amide bonds. The predicted molar refractivity (Wildman–Crippen MR) is 91.4 cm³/mol. The third-order valence-electron chi connectivity index (χ3n) is 5.32. The molecule has 2 atom stereocenters. The molecule has 2 aliphatic rings. The molecule has 1 spiro atoms. The zero-order valence-electron chi connectivity index (χ0n) is 14.3. The molecule has 2 N–H and O–H groups in total. The second kappa shape index (κ2) is 7.39. The highest BCUT2D eigenvalue weighted by Gasteiger charge is 2.56. The molecule has 0 bridgehead atoms. The normalized spacial score (nSPS) is 26.3. The van der Waals surface area contributed by atoms with Crippen LogP contribution in [-0.2, 0) is 11.3 Å². The summed E-state index contributed by atoms with van der Waals surface area (Å²) in [7, 11) is 0. The Morgan fingerprint density at radius 3 is 2.87 bits per heavy atom. The third-order valence-corrected chi connectivity index (χ3v) is 5.32. The van der Waals surface area contributed by atoms with Crippen LogP contribution in [0.2, 0.25) is 0 Å². The number of aliphatic imine (C=N–C) groups is 1. The van der Waals surface area contributed by atoms with Gasteiger partial charge in [0.1, 0.15) is 12.3 Å². The fraction of sp³-hybridized carbons (Fsp3) is 0.722. The average molecular weight is 319 g/mol. The summed E-state index contributed by atoms with van der Waals surface area (Å²) in [6.45, 7) is 6.43. The number of hydrogen-bond acceptors (Lipinski definition) is 3. The Morgan fingerprint density at radius 2 is 2.22 bits per heavy atom. The standard InChI is InChI=1S/C18H29N3O2/c1-3-19-17(20-13-14-8-7-11-23-14)21-15-12-16(22-4-2)18(15)9-5-6-10-18/h7-8,11,15-16H,3-6,9-10,12-13H2,1-2H3,(H2,19,20,21). The van der Waals surface area contributed by atoms with Gasteiger partial charge < -0.3 is 19.8 Å². The molecular formula is C18H29N3O2. The fourth-order valence-electron chi connectivity index (χ4n) is 4.13. The number of furan rings is 1. The molecule has 0 aliphatic heterocycles. The number of hydrogen-bond donors (Lipinski definition) is 2. The molecule has 5 heteroatoms. The van der Waals surface area contributed by atoms with Crippen LogP contribution in [0.3, 0.4) is 0 Å². The number of ether oxygens (including phenoxy) is 1. The molecule has 2 aliphatic carbocycles. The Kier molecular flexibility index (Phi) is 5.26. The molecule has 2 unspecified atom stereocenters. The van der Waals surface area contributed by atoms with Crippen molar-refractivity contribution < 1.29 is 9.15 Å². The Balaban J connectivity index is 1.64. The van der Waals surface area contributed by atoms with Crippen molar-refractivity contribution in [3.63, 3.8) is 0 Å². The van der Waals surface area contributed by atoms with Gasteiger partial charge >= 0.3 is 0 Å². The predicted octanol–water partition coefficient (Wildman–Crippen LogP) is 3.07. The smallest absolute Gasteiger partial charge is 0.191 e. The van der Waals surface area contributed by atoms with Gasteiger partial charge in [0.2, 0.25) is 0 Å². The maximum absolute atomic E-state index is 5.99. The minimum Gasteiger partial charge on any atom is -0.467 e. The molecule has 0 radical (unpaired) electrons. The summed E-state index contributed by atoms with van der Waals surface area (Å²) in [4.78, 5) is 4.66. The minimum absolute atomic E-state index is 0.316. The van der Waals surface area contributed by atoms with Crippen LogP contribution in [0.4, 0.5) is 0 Å². The first-order chi connectivity index (χ1) is 11.3. The Labute approximate surface area is 138 Å². The molecular weight excluding hydrogens is 290 g/mol. The Morgan fingerprint density at radius 1 is 1.39 bits per heavy atom. The summed E-state index contributed by atoms with van der Waals surface area (Å²) in [5, 5.41) is 7.01. The van der Waals surface area contributed by atoms with Gasteiger partial charge in [-0.15, -0.1) is 0 Å². The zero-order chi connectivity index (χ0) is 16.1. The van der Waals surface area contributed by atoms with Crippen molar-refractivity contribution >= 4 is 5.96 Å². The molecule has 0 aromatic carbocycles. The lowest BCUT2D eigenvalue weighted by atomic mass is 9.60. The van der Waals surface area contributed by atoms with Crippen LogP contribution in [0, 0.1) is 5.41 Å². The van der Waals surface area contributed by atoms with Gasteiger partial charge in [-0.1, -0.05) is 12.8 Å². The highest BCUT2D eigenvalue weighted by atomic mass is 16.5. The van der Waals surface area contributed by atoms with Gasteiger partial charge in [-0.2, -0.15) is 0 Å². The van der Waals surface area contributed by atoms with E-state index in [9.17, 15) is 0 Å². The molecule has 23 heavy (non-hydrogen) atoms. The largest absolute Gasteiger partial charge is 0.467 e. The third kappa shape index (κ3) is 3.39. The molecule has 3 rings (SSSR count). The number of rotatable bonds is 6. The van der Waals surface area contributed by atoms with Gasteiger partial charge in [0, 0.05) is 24.6 Å². The SMILES string of the molecule is CCNC(=NCc1ccco1)NC1CC(OCC)C12CCCC2. The van der Waals surface area contributed by atoms with E-state index >= 15 is 0 Å². The van der Waals surface area contributed by atoms with Crippen LogP contribution in [-0.4, -0.2) is 31.3 Å². The minimum atomic E-state index is 0.316. The molecule has 5 nitrogen and oxygen atoms in total. The lowest BCUT2D eigenvalue weighted by Crippen LogP contribution is -2.65. The van der Waals surface area contributed by atoms with E-state index in [1.807, 2.05) is 12.1 Å². The Bertz CT molecular complexity index is 506. The van der Waals surface area contributed by atoms with Crippen LogP contribution in [0.15, 0.2) is 27.8 Å². The first-order valence-electron chi connectivity index (χ1n) is 8.97. The van der Waals surface area contributed by atoms with Crippen molar-refractivity contribution in [2.45, 2.75) is 64.6 Å². The number of nitrogens with one attached hydrogen (secondary N) is 2. The van der Waals surface area contributed by atoms with E-state index in [1.165, 1.54) is 25.7 Å². The van der Waals surface area contributed by atoms with Crippen LogP contribution >= 0.6 is 0 Å². The van der Waals surface area contributed by atoms with Crippen molar-refractivity contribution in [3.05, 3.63) is 24.2 Å². The van der Waals surface area contributed by atoms with E-state index in [4.69, 9.17) is 9.15 Å². The molecule has 2 fully saturated rings. The molecule has 0 saturated heterocycles. The van der Waals surface area contributed by atoms with Gasteiger partial charge in [0.15, 0.2) is 5.96 Å². The summed E-state index contributed by atoms with van der Waals surface area (Å²) in [6, 6.07) is 4.33. The maximum atomic E-state index is 5.99. The molecule has 128 valence electrons. The Hall–Kier alpha value is -1.49. The van der Waals surface area contributed by atoms with E-state index < -0.39 is 0 Å². The second-order valence-electron chi connectivity index (χ2n) is 6.59. The van der Waals surface area contributed by atoms with Crippen molar-refractivity contribution in [2.24, 2.45) is 10.4 Å². The summed E-state index contributed by atoms with van der Waals surface area (Å²) >= 11 is 0. The summed E-state index contributed by atoms with van der Waals surface area (Å²) in [5.41, 5.74) is 0.316. The second-order valence-corrected chi connectivity index (χ2v) is 6.59. The van der Waals surface area contributed by atoms with E-state index in [0.29, 0.717) is 24.1 Å². The summed E-state index contributed by atoms with van der Waals surface area (Å²) in [6.07, 6.45) is 8.38. The van der Waals surface area contributed by atoms with Crippen LogP contribution in [0.5, 0.6) is 0 Å². The molecule has 1 aromatic heterocycles. The van der Waals surface area contributed by atoms with E-state index in [1.54, 1.807) is 6.26 Å². The average Bonchev–Trinajstić information content (AvgIpc) is 3.23.